The Balaban J connectivity index is 4.02. The Bertz CT molecular complexity index is 147. The second kappa shape index (κ2) is 4.97. The van der Waals surface area contributed by atoms with Gasteiger partial charge in [-0.3, -0.25) is 0 Å². The molecule has 0 aliphatic heterocycles. The van der Waals surface area contributed by atoms with Crippen LogP contribution in [0.3, 0.4) is 0 Å². The highest BCUT2D eigenvalue weighted by atomic mass is 32.1. The van der Waals surface area contributed by atoms with Gasteiger partial charge in [-0.25, -0.2) is 0 Å². The predicted octanol–water partition coefficient (Wildman–Crippen LogP) is 2.99. The van der Waals surface area contributed by atoms with Crippen molar-refractivity contribution >= 4 is 25.3 Å². The summed E-state index contributed by atoms with van der Waals surface area (Å²) in [6.45, 7) is 13.5. The molecule has 0 amide bonds. The largest absolute Gasteiger partial charge is 0.367 e. The minimum Gasteiger partial charge on any atom is -0.367 e. The molecule has 0 aromatic carbocycles. The van der Waals surface area contributed by atoms with Gasteiger partial charge in [0, 0.05) is 13.1 Å². The van der Waals surface area contributed by atoms with Gasteiger partial charge in [0.1, 0.15) is 0 Å². The molecule has 3 heteroatoms. The lowest BCUT2D eigenvalue weighted by Gasteiger charge is -2.26. The molecule has 0 heterocycles. The van der Waals surface area contributed by atoms with Crippen molar-refractivity contribution in [2.45, 2.75) is 39.5 Å². The molecular formula is C9H21NSSi. The van der Waals surface area contributed by atoms with Gasteiger partial charge in [-0.2, -0.15) is 0 Å². The molecule has 0 atom stereocenters. The van der Waals surface area contributed by atoms with Gasteiger partial charge in [-0.15, -0.1) is 0 Å². The molecule has 12 heavy (non-hydrogen) atoms. The van der Waals surface area contributed by atoms with Crippen molar-refractivity contribution in [3.8, 4) is 0 Å². The molecule has 0 aliphatic carbocycles. The second-order valence-electron chi connectivity index (χ2n) is 4.30. The van der Waals surface area contributed by atoms with Crippen molar-refractivity contribution in [2.75, 3.05) is 13.1 Å². The Morgan fingerprint density at radius 1 is 1.17 bits per heavy atom. The SMILES string of the molecule is CCN(CC)C(=S)C[Si](C)(C)C. The summed E-state index contributed by atoms with van der Waals surface area (Å²) in [7, 11) is -0.998. The lowest BCUT2D eigenvalue weighted by molar-refractivity contribution is 0.471. The van der Waals surface area contributed by atoms with Crippen molar-refractivity contribution < 1.29 is 0 Å². The van der Waals surface area contributed by atoms with E-state index >= 15 is 0 Å². The molecule has 72 valence electrons. The molecule has 0 rings (SSSR count). The zero-order valence-electron chi connectivity index (χ0n) is 8.98. The van der Waals surface area contributed by atoms with Crippen molar-refractivity contribution in [3.63, 3.8) is 0 Å². The highest BCUT2D eigenvalue weighted by Crippen LogP contribution is 2.11. The molecule has 0 aromatic heterocycles. The molecule has 0 bridgehead atoms. The van der Waals surface area contributed by atoms with Gasteiger partial charge >= 0.3 is 0 Å². The van der Waals surface area contributed by atoms with Crippen LogP contribution in [0.1, 0.15) is 13.8 Å². The Morgan fingerprint density at radius 2 is 1.58 bits per heavy atom. The van der Waals surface area contributed by atoms with Crippen LogP contribution in [0, 0.1) is 0 Å². The van der Waals surface area contributed by atoms with Crippen LogP contribution in [0.2, 0.25) is 25.7 Å². The predicted molar refractivity (Wildman–Crippen MR) is 63.7 cm³/mol. The van der Waals surface area contributed by atoms with E-state index < -0.39 is 8.07 Å². The zero-order chi connectivity index (χ0) is 9.78. The monoisotopic (exact) mass is 203 g/mol. The summed E-state index contributed by atoms with van der Waals surface area (Å²) >= 11 is 5.38. The van der Waals surface area contributed by atoms with Gasteiger partial charge in [0.05, 0.1) is 13.1 Å². The number of thiocarbonyl (C=S) groups is 1. The first kappa shape index (κ1) is 12.1. The van der Waals surface area contributed by atoms with Gasteiger partial charge in [0.2, 0.25) is 0 Å². The highest BCUT2D eigenvalue weighted by Gasteiger charge is 2.17. The van der Waals surface area contributed by atoms with E-state index in [9.17, 15) is 0 Å². The molecule has 0 aliphatic rings. The third-order valence-corrected chi connectivity index (χ3v) is 3.85. The van der Waals surface area contributed by atoms with Crippen molar-refractivity contribution in [2.24, 2.45) is 0 Å². The van der Waals surface area contributed by atoms with Crippen LogP contribution in [-0.2, 0) is 0 Å². The average molecular weight is 203 g/mol. The van der Waals surface area contributed by atoms with Gasteiger partial charge in [-0.05, 0) is 19.9 Å². The normalized spacial score (nSPS) is 11.4. The molecular weight excluding hydrogens is 182 g/mol. The van der Waals surface area contributed by atoms with Gasteiger partial charge in [0.25, 0.3) is 0 Å². The van der Waals surface area contributed by atoms with E-state index in [0.717, 1.165) is 19.1 Å². The Hall–Kier alpha value is 0.107. The first-order valence-electron chi connectivity index (χ1n) is 4.68. The van der Waals surface area contributed by atoms with Crippen LogP contribution >= 0.6 is 12.2 Å². The van der Waals surface area contributed by atoms with E-state index in [2.05, 4.69) is 38.4 Å². The minimum atomic E-state index is -0.998. The zero-order valence-corrected chi connectivity index (χ0v) is 10.8. The van der Waals surface area contributed by atoms with Gasteiger partial charge in [-0.1, -0.05) is 31.9 Å². The number of hydrogen-bond donors (Lipinski definition) is 0. The van der Waals surface area contributed by atoms with Crippen LogP contribution in [0.25, 0.3) is 0 Å². The van der Waals surface area contributed by atoms with Crippen molar-refractivity contribution in [3.05, 3.63) is 0 Å². The maximum Gasteiger partial charge on any atom is 0.0751 e. The molecule has 0 radical (unpaired) electrons. The topological polar surface area (TPSA) is 3.24 Å². The molecule has 0 saturated heterocycles. The van der Waals surface area contributed by atoms with Crippen LogP contribution < -0.4 is 0 Å². The fourth-order valence-electron chi connectivity index (χ4n) is 1.14. The van der Waals surface area contributed by atoms with Crippen LogP contribution in [-0.4, -0.2) is 31.1 Å². The molecule has 0 spiro atoms. The fourth-order valence-corrected chi connectivity index (χ4v) is 3.83. The first-order chi connectivity index (χ1) is 5.40. The quantitative estimate of drug-likeness (QED) is 0.510. The van der Waals surface area contributed by atoms with E-state index in [-0.39, 0.29) is 0 Å². The van der Waals surface area contributed by atoms with E-state index in [1.54, 1.807) is 0 Å². The van der Waals surface area contributed by atoms with E-state index in [4.69, 9.17) is 12.2 Å². The summed E-state index contributed by atoms with van der Waals surface area (Å²) in [6, 6.07) is 1.16. The lowest BCUT2D eigenvalue weighted by atomic mass is 10.5. The van der Waals surface area contributed by atoms with E-state index in [0.29, 0.717) is 0 Å². The lowest BCUT2D eigenvalue weighted by Crippen LogP contribution is -2.35. The van der Waals surface area contributed by atoms with Crippen LogP contribution in [0.4, 0.5) is 0 Å². The molecule has 0 unspecified atom stereocenters. The van der Waals surface area contributed by atoms with E-state index in [1.807, 2.05) is 0 Å². The number of nitrogens with zero attached hydrogens (tertiary/aromatic N) is 1. The third kappa shape index (κ3) is 4.88. The van der Waals surface area contributed by atoms with Gasteiger partial charge < -0.3 is 4.90 Å². The van der Waals surface area contributed by atoms with E-state index in [1.165, 1.54) is 4.99 Å². The Kier molecular flexibility index (Phi) is 5.02. The minimum absolute atomic E-state index is 0.998. The standard InChI is InChI=1S/C9H21NSSi/c1-6-10(7-2)9(11)8-12(3,4)5/h6-8H2,1-5H3. The van der Waals surface area contributed by atoms with Crippen LogP contribution in [0.5, 0.6) is 0 Å². The first-order valence-corrected chi connectivity index (χ1v) is 8.80. The third-order valence-electron chi connectivity index (χ3n) is 1.80. The van der Waals surface area contributed by atoms with Crippen molar-refractivity contribution in [1.29, 1.82) is 0 Å². The fraction of sp³-hybridized carbons (Fsp3) is 0.889. The van der Waals surface area contributed by atoms with Crippen molar-refractivity contribution in [1.82, 2.24) is 4.90 Å². The summed E-state index contributed by atoms with van der Waals surface area (Å²) in [6.07, 6.45) is 0. The molecule has 0 N–H and O–H groups in total. The van der Waals surface area contributed by atoms with Gasteiger partial charge in [0.15, 0.2) is 0 Å². The highest BCUT2D eigenvalue weighted by molar-refractivity contribution is 7.80. The molecule has 0 saturated carbocycles. The van der Waals surface area contributed by atoms with Crippen LogP contribution in [0.15, 0.2) is 0 Å². The maximum absolute atomic E-state index is 5.38. The Morgan fingerprint density at radius 3 is 1.83 bits per heavy atom. The summed E-state index contributed by atoms with van der Waals surface area (Å²) in [5.74, 6) is 0. The molecule has 0 fully saturated rings. The summed E-state index contributed by atoms with van der Waals surface area (Å²) in [4.78, 5) is 3.45. The summed E-state index contributed by atoms with van der Waals surface area (Å²) in [5.41, 5.74) is 0. The number of rotatable bonds is 4. The summed E-state index contributed by atoms with van der Waals surface area (Å²) < 4.78 is 0. The second-order valence-corrected chi connectivity index (χ2v) is 10.2. The molecule has 1 nitrogen and oxygen atoms in total. The number of hydrogen-bond acceptors (Lipinski definition) is 1. The maximum atomic E-state index is 5.38. The smallest absolute Gasteiger partial charge is 0.0751 e. The average Bonchev–Trinajstić information content (AvgIpc) is 1.85. The molecule has 0 aromatic rings. The summed E-state index contributed by atoms with van der Waals surface area (Å²) in [5, 5.41) is 0. The Labute approximate surface area is 83.2 Å².